The normalized spacial score (nSPS) is 28.1. The molecule has 2 nitrogen and oxygen atoms in total. The van der Waals surface area contributed by atoms with Gasteiger partial charge in [0.25, 0.3) is 0 Å². The second-order valence-electron chi connectivity index (χ2n) is 6.50. The molecule has 3 atom stereocenters. The fourth-order valence-corrected chi connectivity index (χ4v) is 4.44. The molecule has 1 saturated heterocycles. The van der Waals surface area contributed by atoms with Gasteiger partial charge in [-0.2, -0.15) is 0 Å². The molecule has 2 aromatic rings. The fraction of sp³-hybridized carbons (Fsp3) is 0.368. The van der Waals surface area contributed by atoms with Gasteiger partial charge in [0, 0.05) is 17.6 Å². The van der Waals surface area contributed by atoms with E-state index in [2.05, 4.69) is 48.3 Å². The minimum absolute atomic E-state index is 0.523. The lowest BCUT2D eigenvalue weighted by Gasteiger charge is -2.37. The van der Waals surface area contributed by atoms with Crippen LogP contribution in [0.15, 0.2) is 48.5 Å². The number of likely N-dealkylation sites (tertiary alicyclic amines) is 1. The molecule has 2 aliphatic rings. The topological polar surface area (TPSA) is 29.3 Å². The van der Waals surface area contributed by atoms with Gasteiger partial charge in [0.2, 0.25) is 0 Å². The van der Waals surface area contributed by atoms with Crippen molar-refractivity contribution in [2.75, 3.05) is 19.3 Å². The van der Waals surface area contributed by atoms with Crippen LogP contribution in [0, 0.1) is 5.92 Å². The molecule has 0 radical (unpaired) electrons. The van der Waals surface area contributed by atoms with Crippen molar-refractivity contribution in [2.24, 2.45) is 5.92 Å². The predicted molar refractivity (Wildman–Crippen MR) is 87.2 cm³/mol. The van der Waals surface area contributed by atoms with Crippen molar-refractivity contribution >= 4 is 5.69 Å². The number of nitrogens with two attached hydrogens (primary N) is 1. The maximum absolute atomic E-state index is 5.87. The van der Waals surface area contributed by atoms with Crippen LogP contribution in [0.1, 0.15) is 41.5 Å². The molecule has 0 amide bonds. The molecule has 2 N–H and O–H groups in total. The smallest absolute Gasteiger partial charge is 0.0385 e. The molecule has 108 valence electrons. The fourth-order valence-electron chi connectivity index (χ4n) is 4.44. The van der Waals surface area contributed by atoms with Gasteiger partial charge in [-0.1, -0.05) is 36.4 Å². The quantitative estimate of drug-likeness (QED) is 0.804. The number of benzene rings is 2. The Kier molecular flexibility index (Phi) is 3.00. The first-order chi connectivity index (χ1) is 10.3. The van der Waals surface area contributed by atoms with E-state index in [1.165, 1.54) is 36.1 Å². The van der Waals surface area contributed by atoms with Crippen molar-refractivity contribution in [1.82, 2.24) is 4.90 Å². The van der Waals surface area contributed by atoms with Crippen molar-refractivity contribution < 1.29 is 0 Å². The van der Waals surface area contributed by atoms with Gasteiger partial charge in [0.05, 0.1) is 0 Å². The van der Waals surface area contributed by atoms with Crippen LogP contribution < -0.4 is 5.73 Å². The molecule has 0 saturated carbocycles. The van der Waals surface area contributed by atoms with Crippen molar-refractivity contribution in [3.63, 3.8) is 0 Å². The van der Waals surface area contributed by atoms with Gasteiger partial charge in [-0.25, -0.2) is 0 Å². The van der Waals surface area contributed by atoms with Gasteiger partial charge in [0.15, 0.2) is 0 Å². The SMILES string of the molecule is CN1CCCC2C(c3ccc(N)cc3)c3ccccc3C21. The first kappa shape index (κ1) is 12.9. The maximum Gasteiger partial charge on any atom is 0.0385 e. The van der Waals surface area contributed by atoms with E-state index < -0.39 is 0 Å². The van der Waals surface area contributed by atoms with Crippen LogP contribution in [0.4, 0.5) is 5.69 Å². The summed E-state index contributed by atoms with van der Waals surface area (Å²) in [7, 11) is 2.28. The number of nitrogen functional groups attached to an aromatic ring is 1. The summed E-state index contributed by atoms with van der Waals surface area (Å²) in [5.74, 6) is 1.22. The Morgan fingerprint density at radius 2 is 1.71 bits per heavy atom. The summed E-state index contributed by atoms with van der Waals surface area (Å²) in [4.78, 5) is 2.55. The van der Waals surface area contributed by atoms with E-state index in [0.29, 0.717) is 17.9 Å². The molecule has 2 heteroatoms. The van der Waals surface area contributed by atoms with Gasteiger partial charge in [-0.15, -0.1) is 0 Å². The molecule has 0 spiro atoms. The molecule has 1 aliphatic heterocycles. The van der Waals surface area contributed by atoms with Crippen LogP contribution in [0.5, 0.6) is 0 Å². The zero-order chi connectivity index (χ0) is 14.4. The Bertz CT molecular complexity index is 647. The highest BCUT2D eigenvalue weighted by Crippen LogP contribution is 2.54. The van der Waals surface area contributed by atoms with Crippen molar-refractivity contribution in [3.8, 4) is 0 Å². The minimum Gasteiger partial charge on any atom is -0.399 e. The molecular weight excluding hydrogens is 256 g/mol. The standard InChI is InChI=1S/C19H22N2/c1-21-12-4-7-17-18(13-8-10-14(20)11-9-13)15-5-2-3-6-16(15)19(17)21/h2-3,5-6,8-11,17-19H,4,7,12,20H2,1H3. The van der Waals surface area contributed by atoms with E-state index in [0.717, 1.165) is 5.69 Å². The van der Waals surface area contributed by atoms with Gasteiger partial charge in [-0.05, 0) is 61.2 Å². The van der Waals surface area contributed by atoms with E-state index in [4.69, 9.17) is 5.73 Å². The molecule has 0 aromatic heterocycles. The van der Waals surface area contributed by atoms with Crippen LogP contribution >= 0.6 is 0 Å². The van der Waals surface area contributed by atoms with E-state index >= 15 is 0 Å². The summed E-state index contributed by atoms with van der Waals surface area (Å²) in [6.07, 6.45) is 2.62. The molecular formula is C19H22N2. The summed E-state index contributed by atoms with van der Waals surface area (Å²) in [5, 5.41) is 0. The van der Waals surface area contributed by atoms with Gasteiger partial charge < -0.3 is 5.73 Å². The zero-order valence-corrected chi connectivity index (χ0v) is 12.5. The second-order valence-corrected chi connectivity index (χ2v) is 6.50. The molecule has 1 heterocycles. The highest BCUT2D eigenvalue weighted by molar-refractivity contribution is 5.49. The molecule has 3 unspecified atom stereocenters. The van der Waals surface area contributed by atoms with Crippen LogP contribution in [-0.2, 0) is 0 Å². The summed E-state index contributed by atoms with van der Waals surface area (Å²) in [6.45, 7) is 1.21. The summed E-state index contributed by atoms with van der Waals surface area (Å²) < 4.78 is 0. The monoisotopic (exact) mass is 278 g/mol. The van der Waals surface area contributed by atoms with E-state index in [9.17, 15) is 0 Å². The molecule has 21 heavy (non-hydrogen) atoms. The van der Waals surface area contributed by atoms with Gasteiger partial charge in [-0.3, -0.25) is 4.90 Å². The third kappa shape index (κ3) is 1.97. The average Bonchev–Trinajstić information content (AvgIpc) is 2.84. The number of hydrogen-bond donors (Lipinski definition) is 1. The number of hydrogen-bond acceptors (Lipinski definition) is 2. The van der Waals surface area contributed by atoms with Crippen molar-refractivity contribution in [2.45, 2.75) is 24.8 Å². The Morgan fingerprint density at radius 3 is 2.48 bits per heavy atom. The summed E-state index contributed by atoms with van der Waals surface area (Å²) >= 11 is 0. The zero-order valence-electron chi connectivity index (χ0n) is 12.5. The van der Waals surface area contributed by atoms with Gasteiger partial charge >= 0.3 is 0 Å². The maximum atomic E-state index is 5.87. The van der Waals surface area contributed by atoms with E-state index in [1.807, 2.05) is 12.1 Å². The highest BCUT2D eigenvalue weighted by atomic mass is 15.1. The largest absolute Gasteiger partial charge is 0.399 e. The molecule has 0 bridgehead atoms. The summed E-state index contributed by atoms with van der Waals surface area (Å²) in [5.41, 5.74) is 11.2. The Morgan fingerprint density at radius 1 is 1.00 bits per heavy atom. The van der Waals surface area contributed by atoms with Crippen molar-refractivity contribution in [3.05, 3.63) is 65.2 Å². The second kappa shape index (κ2) is 4.88. The lowest BCUT2D eigenvalue weighted by molar-refractivity contribution is 0.127. The lowest BCUT2D eigenvalue weighted by atomic mass is 9.80. The number of anilines is 1. The van der Waals surface area contributed by atoms with Crippen LogP contribution in [-0.4, -0.2) is 18.5 Å². The highest BCUT2D eigenvalue weighted by Gasteiger charge is 2.44. The van der Waals surface area contributed by atoms with E-state index in [1.54, 1.807) is 0 Å². The van der Waals surface area contributed by atoms with Crippen molar-refractivity contribution in [1.29, 1.82) is 0 Å². The Hall–Kier alpha value is -1.80. The van der Waals surface area contributed by atoms with Gasteiger partial charge in [0.1, 0.15) is 0 Å². The van der Waals surface area contributed by atoms with Crippen LogP contribution in [0.3, 0.4) is 0 Å². The third-order valence-electron chi connectivity index (χ3n) is 5.30. The molecule has 1 aliphatic carbocycles. The first-order valence-corrected chi connectivity index (χ1v) is 7.90. The predicted octanol–water partition coefficient (Wildman–Crippen LogP) is 3.80. The first-order valence-electron chi connectivity index (χ1n) is 7.90. The number of rotatable bonds is 1. The van der Waals surface area contributed by atoms with Crippen LogP contribution in [0.25, 0.3) is 0 Å². The molecule has 1 fully saturated rings. The minimum atomic E-state index is 0.523. The Balaban J connectivity index is 1.84. The average molecular weight is 278 g/mol. The Labute approximate surface area is 126 Å². The summed E-state index contributed by atoms with van der Waals surface area (Å²) in [6, 6.07) is 18.1. The molecule has 2 aromatic carbocycles. The lowest BCUT2D eigenvalue weighted by Crippen LogP contribution is -2.34. The number of nitrogens with zero attached hydrogens (tertiary/aromatic N) is 1. The molecule has 4 rings (SSSR count). The number of fused-ring (bicyclic) bond motifs is 3. The number of piperidine rings is 1. The van der Waals surface area contributed by atoms with Crippen LogP contribution in [0.2, 0.25) is 0 Å². The van der Waals surface area contributed by atoms with E-state index in [-0.39, 0.29) is 0 Å². The third-order valence-corrected chi connectivity index (χ3v) is 5.30.